The van der Waals surface area contributed by atoms with Crippen molar-refractivity contribution in [1.29, 1.82) is 0 Å². The van der Waals surface area contributed by atoms with Crippen LogP contribution >= 0.6 is 0 Å². The highest BCUT2D eigenvalue weighted by atomic mass is 32.2. The van der Waals surface area contributed by atoms with Gasteiger partial charge >= 0.3 is 12.3 Å². The van der Waals surface area contributed by atoms with Crippen LogP contribution in [0.2, 0.25) is 0 Å². The lowest BCUT2D eigenvalue weighted by molar-refractivity contribution is -0.244. The molecule has 0 bridgehead atoms. The molecule has 5 aliphatic rings. The maximum absolute atomic E-state index is 15.0. The van der Waals surface area contributed by atoms with Crippen LogP contribution in [0.25, 0.3) is 10.8 Å². The first kappa shape index (κ1) is 50.0. The van der Waals surface area contributed by atoms with Crippen LogP contribution in [0.3, 0.4) is 0 Å². The van der Waals surface area contributed by atoms with Crippen LogP contribution in [-0.4, -0.2) is 141 Å². The number of methoxy groups -OCH3 is 1. The third kappa shape index (κ3) is 10.4. The number of benzene rings is 1. The molecule has 3 aliphatic heterocycles. The highest BCUT2D eigenvalue weighted by molar-refractivity contribution is 7.91. The van der Waals surface area contributed by atoms with Crippen molar-refractivity contribution in [3.63, 3.8) is 0 Å². The van der Waals surface area contributed by atoms with Gasteiger partial charge in [-0.3, -0.25) is 19.1 Å². The van der Waals surface area contributed by atoms with E-state index < -0.39 is 95.9 Å². The number of carbonyl (C=O) groups excluding carboxylic acids is 4. The second kappa shape index (κ2) is 18.2. The van der Waals surface area contributed by atoms with E-state index in [9.17, 15) is 49.2 Å². The average Bonchev–Trinajstić information content (AvgIpc) is 4.13. The molecule has 0 unspecified atom stereocenters. The van der Waals surface area contributed by atoms with Crippen molar-refractivity contribution in [1.82, 2.24) is 29.5 Å². The summed E-state index contributed by atoms with van der Waals surface area (Å²) in [7, 11) is -6.02. The maximum atomic E-state index is 15.0. The minimum absolute atomic E-state index is 0.0700. The van der Waals surface area contributed by atoms with E-state index >= 15 is 0 Å². The van der Waals surface area contributed by atoms with E-state index in [2.05, 4.69) is 20.3 Å². The number of alkyl carbamates (subject to hydrolysis) is 1. The summed E-state index contributed by atoms with van der Waals surface area (Å²) >= 11 is 0. The second-order valence-corrected chi connectivity index (χ2v) is 23.7. The molecule has 23 heteroatoms. The van der Waals surface area contributed by atoms with Crippen molar-refractivity contribution >= 4 is 60.3 Å². The van der Waals surface area contributed by atoms with E-state index in [0.29, 0.717) is 81.3 Å². The molecule has 4 heterocycles. The van der Waals surface area contributed by atoms with Crippen molar-refractivity contribution in [2.75, 3.05) is 51.0 Å². The standard InChI is InChI=1S/C44H60F3N7O11S2/c1-26-10-8-9-11-28-23-43(28,39(57)51-67(61,62)42(5)14-15-42)50-36(55)33-22-30(25-54(33)38(56)35(27(2)20-26)49-40(58)65-41(3,4)44(45,46)47)64-37-31-13-12-29(63-6)21-32(31)34(24-48-37)52-16-18-53(19-17-52)66(7,59)60/h9,11-13,21,24,26-28,30,33,35H,8,10,14-20,22-23,25H2,1-7H3,(H,49,58)(H,50,55)(H,51,57)/b11-9-/t26-,27-,28+,30-,33+,35+,43-/m1/s1. The van der Waals surface area contributed by atoms with Crippen LogP contribution < -0.4 is 29.7 Å². The van der Waals surface area contributed by atoms with Crippen molar-refractivity contribution in [2.45, 2.75) is 120 Å². The first-order chi connectivity index (χ1) is 31.2. The van der Waals surface area contributed by atoms with Crippen LogP contribution in [0.4, 0.5) is 23.7 Å². The van der Waals surface area contributed by atoms with Gasteiger partial charge in [0, 0.05) is 49.3 Å². The minimum atomic E-state index is -4.94. The molecule has 2 saturated carbocycles. The number of pyridine rings is 1. The number of allylic oxidation sites excluding steroid dienone is 1. The molecule has 1 aromatic heterocycles. The van der Waals surface area contributed by atoms with Gasteiger partial charge in [0.25, 0.3) is 5.91 Å². The zero-order valence-corrected chi connectivity index (χ0v) is 40.3. The summed E-state index contributed by atoms with van der Waals surface area (Å²) in [6.45, 7) is 7.44. The number of anilines is 1. The molecular formula is C44H60F3N7O11S2. The van der Waals surface area contributed by atoms with Gasteiger partial charge in [-0.2, -0.15) is 17.5 Å². The molecule has 0 radical (unpaired) electrons. The third-order valence-corrected chi connectivity index (χ3v) is 17.4. The zero-order chi connectivity index (χ0) is 49.1. The fraction of sp³-hybridized carbons (Fsp3) is 0.659. The minimum Gasteiger partial charge on any atom is -0.497 e. The van der Waals surface area contributed by atoms with E-state index in [-0.39, 0.29) is 44.3 Å². The van der Waals surface area contributed by atoms with E-state index in [0.717, 1.165) is 6.26 Å². The maximum Gasteiger partial charge on any atom is 0.427 e. The van der Waals surface area contributed by atoms with E-state index in [1.54, 1.807) is 37.4 Å². The van der Waals surface area contributed by atoms with Crippen LogP contribution in [0.1, 0.15) is 79.6 Å². The number of ether oxygens (including phenoxy) is 3. The topological polar surface area (TPSA) is 223 Å². The Morgan fingerprint density at radius 3 is 2.31 bits per heavy atom. The molecule has 1 aromatic carbocycles. The molecule has 4 amide bonds. The Balaban J connectivity index is 1.23. The molecule has 0 spiro atoms. The molecule has 4 fully saturated rings. The Morgan fingerprint density at radius 1 is 1.00 bits per heavy atom. The molecule has 2 saturated heterocycles. The van der Waals surface area contributed by atoms with E-state index in [1.807, 2.05) is 17.9 Å². The number of halogens is 3. The van der Waals surface area contributed by atoms with Gasteiger partial charge in [-0.15, -0.1) is 0 Å². The monoisotopic (exact) mass is 983 g/mol. The van der Waals surface area contributed by atoms with Gasteiger partial charge in [0.15, 0.2) is 0 Å². The molecule has 3 N–H and O–H groups in total. The number of carbonyl (C=O) groups is 4. The van der Waals surface area contributed by atoms with Crippen molar-refractivity contribution in [3.05, 3.63) is 36.5 Å². The smallest absolute Gasteiger partial charge is 0.427 e. The first-order valence-electron chi connectivity index (χ1n) is 22.4. The Bertz CT molecular complexity index is 2530. The first-order valence-corrected chi connectivity index (χ1v) is 25.8. The molecule has 7 atom stereocenters. The van der Waals surface area contributed by atoms with Crippen molar-refractivity contribution in [3.8, 4) is 11.6 Å². The lowest BCUT2D eigenvalue weighted by atomic mass is 9.88. The summed E-state index contributed by atoms with van der Waals surface area (Å²) in [5, 5.41) is 6.37. The van der Waals surface area contributed by atoms with Crippen molar-refractivity contribution < 1.29 is 63.4 Å². The lowest BCUT2D eigenvalue weighted by Gasteiger charge is -2.35. The predicted octanol–water partition coefficient (Wildman–Crippen LogP) is 3.99. The third-order valence-electron chi connectivity index (χ3n) is 13.9. The Labute approximate surface area is 388 Å². The molecule has 370 valence electrons. The average molecular weight is 984 g/mol. The summed E-state index contributed by atoms with van der Waals surface area (Å²) in [6.07, 6.45) is 0.997. The fourth-order valence-electron chi connectivity index (χ4n) is 9.11. The van der Waals surface area contributed by atoms with Crippen LogP contribution in [-0.2, 0) is 39.2 Å². The molecule has 18 nitrogen and oxygen atoms in total. The molecule has 67 heavy (non-hydrogen) atoms. The number of rotatable bonds is 10. The summed E-state index contributed by atoms with van der Waals surface area (Å²) in [5.41, 5.74) is -3.93. The molecular weight excluding hydrogens is 924 g/mol. The number of aromatic nitrogens is 1. The number of amides is 4. The van der Waals surface area contributed by atoms with Crippen LogP contribution in [0.15, 0.2) is 36.5 Å². The normalized spacial score (nSPS) is 29.0. The number of hydrogen-bond donors (Lipinski definition) is 3. The highest BCUT2D eigenvalue weighted by Crippen LogP contribution is 2.48. The molecule has 2 aliphatic carbocycles. The molecule has 2 aromatic rings. The Morgan fingerprint density at radius 2 is 1.69 bits per heavy atom. The number of nitrogens with zero attached hydrogens (tertiary/aromatic N) is 4. The number of alkyl halides is 3. The van der Waals surface area contributed by atoms with Gasteiger partial charge in [0.1, 0.15) is 29.5 Å². The molecule has 7 rings (SSSR count). The van der Waals surface area contributed by atoms with Gasteiger partial charge in [-0.25, -0.2) is 26.6 Å². The predicted molar refractivity (Wildman–Crippen MR) is 240 cm³/mol. The van der Waals surface area contributed by atoms with E-state index in [1.165, 1.54) is 23.2 Å². The summed E-state index contributed by atoms with van der Waals surface area (Å²) in [6, 6.07) is 2.34. The zero-order valence-electron chi connectivity index (χ0n) is 38.6. The summed E-state index contributed by atoms with van der Waals surface area (Å²) in [4.78, 5) is 64.9. The highest BCUT2D eigenvalue weighted by Gasteiger charge is 2.63. The largest absolute Gasteiger partial charge is 0.497 e. The van der Waals surface area contributed by atoms with Gasteiger partial charge in [-0.05, 0) is 89.3 Å². The number of sulfonamides is 2. The number of nitrogens with one attached hydrogen (secondary N) is 3. The Hall–Kier alpha value is -4.90. The summed E-state index contributed by atoms with van der Waals surface area (Å²) < 4.78 is 112. The van der Waals surface area contributed by atoms with Gasteiger partial charge in [0.05, 0.1) is 36.5 Å². The van der Waals surface area contributed by atoms with Gasteiger partial charge < -0.3 is 34.6 Å². The SMILES string of the molecule is COc1ccc2c(O[C@@H]3C[C@H]4C(=O)N[C@]5(C(=O)NS(=O)(=O)C6(C)CC6)C[C@@H]5/C=C\CC[C@@H](C)C[C@@H](C)[C@H](NC(=O)OC(C)(C)C(F)(F)F)C(=O)N4C3)ncc(N3CCN(S(C)(=O)=O)CC3)c2c1. The van der Waals surface area contributed by atoms with E-state index in [4.69, 9.17) is 14.2 Å². The summed E-state index contributed by atoms with van der Waals surface area (Å²) in [5.74, 6) is -3.27. The Kier molecular flexibility index (Phi) is 13.6. The lowest BCUT2D eigenvalue weighted by Crippen LogP contribution is -2.59. The van der Waals surface area contributed by atoms with Gasteiger partial charge in [-0.1, -0.05) is 26.0 Å². The number of piperazine rings is 1. The van der Waals surface area contributed by atoms with Gasteiger partial charge in [0.2, 0.25) is 43.3 Å². The van der Waals surface area contributed by atoms with Crippen LogP contribution in [0, 0.1) is 17.8 Å². The van der Waals surface area contributed by atoms with Crippen molar-refractivity contribution in [2.24, 2.45) is 17.8 Å². The quantitative estimate of drug-likeness (QED) is 0.287. The second-order valence-electron chi connectivity index (χ2n) is 19.5. The number of fused-ring (bicyclic) bond motifs is 3. The van der Waals surface area contributed by atoms with Crippen LogP contribution in [0.5, 0.6) is 11.6 Å². The fourth-order valence-corrected chi connectivity index (χ4v) is 11.3. The number of hydrogen-bond acceptors (Lipinski definition) is 13.